The molecule has 1 aliphatic rings. The lowest BCUT2D eigenvalue weighted by Crippen LogP contribution is -2.34. The summed E-state index contributed by atoms with van der Waals surface area (Å²) >= 11 is 7.32. The molecule has 1 aromatic carbocycles. The highest BCUT2D eigenvalue weighted by molar-refractivity contribution is 8.00. The van der Waals surface area contributed by atoms with Crippen LogP contribution in [0.2, 0.25) is 5.02 Å². The average molecular weight is 535 g/mol. The quantitative estimate of drug-likeness (QED) is 0.294. The normalized spacial score (nSPS) is 13.3. The van der Waals surface area contributed by atoms with E-state index in [0.717, 1.165) is 30.7 Å². The molecule has 1 aliphatic carbocycles. The van der Waals surface area contributed by atoms with Crippen molar-refractivity contribution in [1.82, 2.24) is 4.98 Å². The van der Waals surface area contributed by atoms with Crippen molar-refractivity contribution >= 4 is 46.9 Å². The number of halogens is 2. The Hall–Kier alpha value is -2.91. The van der Waals surface area contributed by atoms with Crippen molar-refractivity contribution in [1.29, 1.82) is 0 Å². The molecule has 2 aromatic rings. The molecule has 1 amide bonds. The number of benzene rings is 1. The van der Waals surface area contributed by atoms with Gasteiger partial charge in [0.05, 0.1) is 36.7 Å². The summed E-state index contributed by atoms with van der Waals surface area (Å²) in [6.07, 6.45) is 6.16. The maximum Gasteiger partial charge on any atom is 0.334 e. The van der Waals surface area contributed by atoms with E-state index in [4.69, 9.17) is 16.3 Å². The molecule has 0 N–H and O–H groups in total. The summed E-state index contributed by atoms with van der Waals surface area (Å²) in [5, 5.41) is 0.111. The Balaban J connectivity index is 2.06. The fourth-order valence-corrected chi connectivity index (χ4v) is 4.88. The average Bonchev–Trinajstić information content (AvgIpc) is 2.90. The van der Waals surface area contributed by atoms with E-state index in [2.05, 4.69) is 9.72 Å². The lowest BCUT2D eigenvalue weighted by molar-refractivity contribution is -0.140. The van der Waals surface area contributed by atoms with Crippen LogP contribution in [-0.2, 0) is 30.4 Å². The van der Waals surface area contributed by atoms with Gasteiger partial charge < -0.3 is 14.4 Å². The van der Waals surface area contributed by atoms with E-state index >= 15 is 4.39 Å². The van der Waals surface area contributed by atoms with Gasteiger partial charge in [-0.05, 0) is 55.9 Å². The first-order valence-electron chi connectivity index (χ1n) is 11.6. The fourth-order valence-electron chi connectivity index (χ4n) is 3.78. The molecule has 0 aliphatic heterocycles. The molecule has 7 nitrogen and oxygen atoms in total. The van der Waals surface area contributed by atoms with Crippen LogP contribution in [0.25, 0.3) is 0 Å². The van der Waals surface area contributed by atoms with Gasteiger partial charge in [-0.3, -0.25) is 14.6 Å². The molecule has 0 saturated carbocycles. The molecule has 0 radical (unpaired) electrons. The van der Waals surface area contributed by atoms with Crippen LogP contribution in [0.5, 0.6) is 0 Å². The number of amides is 1. The second kappa shape index (κ2) is 13.4. The smallest absolute Gasteiger partial charge is 0.334 e. The monoisotopic (exact) mass is 534 g/mol. The summed E-state index contributed by atoms with van der Waals surface area (Å²) in [6.45, 7) is 2.17. The van der Waals surface area contributed by atoms with Crippen LogP contribution < -0.4 is 4.90 Å². The number of carbonyl (C=O) groups is 3. The highest BCUT2D eigenvalue weighted by Gasteiger charge is 2.30. The minimum Gasteiger partial charge on any atom is -0.468 e. The first-order valence-corrected chi connectivity index (χ1v) is 13.0. The first-order chi connectivity index (χ1) is 17.3. The molecule has 192 valence electrons. The van der Waals surface area contributed by atoms with Crippen LogP contribution in [0, 0.1) is 5.82 Å². The molecular weight excluding hydrogens is 507 g/mol. The molecule has 10 heteroatoms. The molecule has 0 bridgehead atoms. The Morgan fingerprint density at radius 2 is 1.94 bits per heavy atom. The predicted octanol–water partition coefficient (Wildman–Crippen LogP) is 5.50. The number of hydrogen-bond acceptors (Lipinski definition) is 7. The Labute approximate surface area is 219 Å². The van der Waals surface area contributed by atoms with E-state index in [0.29, 0.717) is 40.9 Å². The maximum absolute atomic E-state index is 15.3. The number of ether oxygens (including phenoxy) is 2. The van der Waals surface area contributed by atoms with Gasteiger partial charge in [-0.2, -0.15) is 0 Å². The van der Waals surface area contributed by atoms with Gasteiger partial charge in [-0.1, -0.05) is 24.6 Å². The largest absolute Gasteiger partial charge is 0.468 e. The summed E-state index contributed by atoms with van der Waals surface area (Å²) in [5.74, 6) is -2.19. The molecule has 0 atom stereocenters. The van der Waals surface area contributed by atoms with E-state index in [1.807, 2.05) is 6.92 Å². The number of nitrogens with zero attached hydrogens (tertiary/aromatic N) is 2. The van der Waals surface area contributed by atoms with Crippen molar-refractivity contribution in [3.63, 3.8) is 0 Å². The molecule has 0 saturated heterocycles. The van der Waals surface area contributed by atoms with Crippen molar-refractivity contribution < 1.29 is 28.2 Å². The van der Waals surface area contributed by atoms with Crippen molar-refractivity contribution in [2.24, 2.45) is 0 Å². The van der Waals surface area contributed by atoms with Crippen molar-refractivity contribution in [3.05, 3.63) is 64.2 Å². The van der Waals surface area contributed by atoms with Crippen LogP contribution >= 0.6 is 23.4 Å². The summed E-state index contributed by atoms with van der Waals surface area (Å²) in [4.78, 5) is 44.1. The van der Waals surface area contributed by atoms with Gasteiger partial charge in [0.2, 0.25) is 0 Å². The third-order valence-corrected chi connectivity index (χ3v) is 7.04. The summed E-state index contributed by atoms with van der Waals surface area (Å²) in [7, 11) is 1.27. The van der Waals surface area contributed by atoms with Gasteiger partial charge in [0, 0.05) is 28.4 Å². The van der Waals surface area contributed by atoms with Gasteiger partial charge in [-0.15, -0.1) is 11.8 Å². The van der Waals surface area contributed by atoms with Gasteiger partial charge in [0.1, 0.15) is 5.82 Å². The Kier molecular flexibility index (Phi) is 10.3. The van der Waals surface area contributed by atoms with Crippen molar-refractivity contribution in [3.8, 4) is 0 Å². The number of aromatic nitrogens is 1. The summed E-state index contributed by atoms with van der Waals surface area (Å²) in [6, 6.07) is 6.06. The van der Waals surface area contributed by atoms with Gasteiger partial charge in [0.15, 0.2) is 0 Å². The van der Waals surface area contributed by atoms with Crippen LogP contribution in [0.15, 0.2) is 52.7 Å². The zero-order chi connectivity index (χ0) is 26.1. The van der Waals surface area contributed by atoms with E-state index in [1.165, 1.54) is 18.1 Å². The second-order valence-electron chi connectivity index (χ2n) is 8.15. The number of hydrogen-bond donors (Lipinski definition) is 0. The van der Waals surface area contributed by atoms with E-state index in [1.54, 1.807) is 24.5 Å². The van der Waals surface area contributed by atoms with Crippen molar-refractivity contribution in [2.75, 3.05) is 24.4 Å². The predicted molar refractivity (Wildman–Crippen MR) is 136 cm³/mol. The van der Waals surface area contributed by atoms with Crippen molar-refractivity contribution in [2.45, 2.75) is 50.5 Å². The van der Waals surface area contributed by atoms with Gasteiger partial charge in [0.25, 0.3) is 5.91 Å². The molecule has 1 heterocycles. The van der Waals surface area contributed by atoms with E-state index in [-0.39, 0.29) is 29.6 Å². The number of esters is 2. The lowest BCUT2D eigenvalue weighted by atomic mass is 9.90. The lowest BCUT2D eigenvalue weighted by Gasteiger charge is -2.28. The zero-order valence-corrected chi connectivity index (χ0v) is 21.8. The number of rotatable bonds is 10. The molecule has 1 aromatic heterocycles. The molecular formula is C26H28ClFN2O5S. The number of methoxy groups -OCH3 is 1. The summed E-state index contributed by atoms with van der Waals surface area (Å²) < 4.78 is 25.3. The minimum absolute atomic E-state index is 0.0139. The number of anilines is 1. The molecule has 0 fully saturated rings. The SMILES string of the molecule is CCCOC(=O)C1=C(C(=O)N(Cc2cccnc2)c2cc(SCC(=O)OC)c(Cl)cc2F)CCCC1. The standard InChI is InChI=1S/C26H28ClFN2O5S/c1-3-11-35-26(33)19-9-5-4-8-18(19)25(32)30(15-17-7-6-10-29-14-17)22-13-23(20(27)12-21(22)28)36-16-24(31)34-2/h6-7,10,12-14H,3-5,8-9,11,15-16H2,1-2H3. The molecule has 0 unspecified atom stereocenters. The number of carbonyl (C=O) groups excluding carboxylic acids is 3. The molecule has 36 heavy (non-hydrogen) atoms. The topological polar surface area (TPSA) is 85.8 Å². The second-order valence-corrected chi connectivity index (χ2v) is 9.58. The first kappa shape index (κ1) is 27.7. The maximum atomic E-state index is 15.3. The molecule has 3 rings (SSSR count). The van der Waals surface area contributed by atoms with Gasteiger partial charge >= 0.3 is 11.9 Å². The Bertz CT molecular complexity index is 1140. The Morgan fingerprint density at radius 1 is 1.19 bits per heavy atom. The third kappa shape index (κ3) is 7.07. The Morgan fingerprint density at radius 3 is 2.61 bits per heavy atom. The van der Waals surface area contributed by atoms with Crippen LogP contribution in [-0.4, -0.2) is 42.3 Å². The summed E-state index contributed by atoms with van der Waals surface area (Å²) in [5.41, 5.74) is 1.32. The minimum atomic E-state index is -0.703. The number of pyridine rings is 1. The van der Waals surface area contributed by atoms with Crippen LogP contribution in [0.4, 0.5) is 10.1 Å². The molecule has 0 spiro atoms. The van der Waals surface area contributed by atoms with Crippen LogP contribution in [0.1, 0.15) is 44.6 Å². The fraction of sp³-hybridized carbons (Fsp3) is 0.385. The van der Waals surface area contributed by atoms with E-state index in [9.17, 15) is 14.4 Å². The highest BCUT2D eigenvalue weighted by atomic mass is 35.5. The third-order valence-electron chi connectivity index (χ3n) is 5.58. The van der Waals surface area contributed by atoms with Gasteiger partial charge in [-0.25, -0.2) is 9.18 Å². The highest BCUT2D eigenvalue weighted by Crippen LogP contribution is 2.36. The van der Waals surface area contributed by atoms with E-state index < -0.39 is 23.7 Å². The number of thioether (sulfide) groups is 1. The zero-order valence-electron chi connectivity index (χ0n) is 20.2. The van der Waals surface area contributed by atoms with Crippen LogP contribution in [0.3, 0.4) is 0 Å².